The van der Waals surface area contributed by atoms with Gasteiger partial charge in [-0.3, -0.25) is 4.79 Å². The van der Waals surface area contributed by atoms with E-state index in [0.717, 1.165) is 12.3 Å². The van der Waals surface area contributed by atoms with Crippen molar-refractivity contribution in [2.75, 3.05) is 6.26 Å². The first kappa shape index (κ1) is 13.7. The molecular formula is C14H13FO3S. The zero-order valence-electron chi connectivity index (χ0n) is 10.3. The van der Waals surface area contributed by atoms with Gasteiger partial charge >= 0.3 is 0 Å². The molecule has 0 spiro atoms. The van der Waals surface area contributed by atoms with E-state index in [4.69, 9.17) is 0 Å². The summed E-state index contributed by atoms with van der Waals surface area (Å²) in [5.41, 5.74) is 0.798. The fourth-order valence-electron chi connectivity index (χ4n) is 1.80. The smallest absolute Gasteiger partial charge is 0.232 e. The molecule has 1 aliphatic carbocycles. The Balaban J connectivity index is 2.25. The van der Waals surface area contributed by atoms with Gasteiger partial charge in [0, 0.05) is 23.8 Å². The Labute approximate surface area is 111 Å². The van der Waals surface area contributed by atoms with Crippen molar-refractivity contribution >= 4 is 15.6 Å². The lowest BCUT2D eigenvalue weighted by Crippen LogP contribution is -2.31. The molecule has 100 valence electrons. The Kier molecular flexibility index (Phi) is 3.41. The van der Waals surface area contributed by atoms with Crippen molar-refractivity contribution in [3.63, 3.8) is 0 Å². The van der Waals surface area contributed by atoms with Crippen LogP contribution in [0, 0.1) is 0 Å². The number of hydrogen-bond acceptors (Lipinski definition) is 3. The molecule has 0 heterocycles. The van der Waals surface area contributed by atoms with E-state index in [2.05, 4.69) is 0 Å². The van der Waals surface area contributed by atoms with E-state index in [1.807, 2.05) is 0 Å². The van der Waals surface area contributed by atoms with Crippen LogP contribution in [-0.2, 0) is 9.84 Å². The van der Waals surface area contributed by atoms with Crippen LogP contribution >= 0.6 is 0 Å². The highest BCUT2D eigenvalue weighted by molar-refractivity contribution is 7.92. The Morgan fingerprint density at radius 1 is 1.26 bits per heavy atom. The molecule has 0 fully saturated rings. The molecule has 1 aliphatic rings. The maximum absolute atomic E-state index is 14.1. The molecular weight excluding hydrogens is 267 g/mol. The van der Waals surface area contributed by atoms with Crippen LogP contribution in [0.15, 0.2) is 54.1 Å². The largest absolute Gasteiger partial charge is 0.289 e. The first-order chi connectivity index (χ1) is 8.83. The van der Waals surface area contributed by atoms with Gasteiger partial charge in [-0.05, 0) is 6.08 Å². The van der Waals surface area contributed by atoms with Crippen molar-refractivity contribution in [1.82, 2.24) is 0 Å². The SMILES string of the molecule is CS(=O)(=O)C1(F)C=CC(C(=O)c2ccccc2)=CC1. The van der Waals surface area contributed by atoms with Gasteiger partial charge in [0.05, 0.1) is 0 Å². The van der Waals surface area contributed by atoms with Crippen LogP contribution in [0.1, 0.15) is 16.8 Å². The molecule has 1 atom stereocenters. The summed E-state index contributed by atoms with van der Waals surface area (Å²) < 4.78 is 36.7. The lowest BCUT2D eigenvalue weighted by molar-refractivity contribution is 0.103. The molecule has 0 N–H and O–H groups in total. The summed E-state index contributed by atoms with van der Waals surface area (Å²) in [5.74, 6) is -0.243. The van der Waals surface area contributed by atoms with Gasteiger partial charge in [-0.1, -0.05) is 42.5 Å². The predicted octanol–water partition coefficient (Wildman–Crippen LogP) is 2.47. The number of allylic oxidation sites excluding steroid dienone is 3. The van der Waals surface area contributed by atoms with E-state index in [1.165, 1.54) is 12.2 Å². The number of halogens is 1. The first-order valence-corrected chi connectivity index (χ1v) is 7.60. The number of alkyl halides is 1. The van der Waals surface area contributed by atoms with Gasteiger partial charge in [0.1, 0.15) is 0 Å². The van der Waals surface area contributed by atoms with Crippen LogP contribution < -0.4 is 0 Å². The highest BCUT2D eigenvalue weighted by atomic mass is 32.2. The van der Waals surface area contributed by atoms with Crippen LogP contribution in [-0.4, -0.2) is 25.5 Å². The zero-order chi connectivity index (χ0) is 14.1. The average molecular weight is 280 g/mol. The second kappa shape index (κ2) is 4.74. The molecule has 2 rings (SSSR count). The highest BCUT2D eigenvalue weighted by Gasteiger charge is 2.39. The standard InChI is InChI=1S/C14H13FO3S/c1-19(17,18)14(15)9-7-12(8-10-14)13(16)11-5-3-2-4-6-11/h2-9H,10H2,1H3. The summed E-state index contributed by atoms with van der Waals surface area (Å²) in [5, 5.41) is -2.41. The molecule has 0 aromatic heterocycles. The average Bonchev–Trinajstić information content (AvgIpc) is 2.39. The number of Topliss-reactive ketones (excluding diaryl/α,β-unsaturated/α-hetero) is 1. The topological polar surface area (TPSA) is 51.2 Å². The van der Waals surface area contributed by atoms with Gasteiger partial charge in [0.15, 0.2) is 15.6 Å². The molecule has 1 aromatic rings. The van der Waals surface area contributed by atoms with Crippen molar-refractivity contribution in [3.8, 4) is 0 Å². The molecule has 3 nitrogen and oxygen atoms in total. The minimum absolute atomic E-state index is 0.243. The monoisotopic (exact) mass is 280 g/mol. The maximum atomic E-state index is 14.1. The first-order valence-electron chi connectivity index (χ1n) is 5.71. The summed E-state index contributed by atoms with van der Waals surface area (Å²) in [6.45, 7) is 0. The van der Waals surface area contributed by atoms with Crippen molar-refractivity contribution < 1.29 is 17.6 Å². The molecule has 0 saturated heterocycles. The van der Waals surface area contributed by atoms with E-state index in [9.17, 15) is 17.6 Å². The third kappa shape index (κ3) is 2.66. The number of ketones is 1. The van der Waals surface area contributed by atoms with Gasteiger partial charge in [-0.25, -0.2) is 12.8 Å². The number of sulfone groups is 1. The molecule has 0 bridgehead atoms. The van der Waals surface area contributed by atoms with E-state index in [-0.39, 0.29) is 12.2 Å². The van der Waals surface area contributed by atoms with Crippen molar-refractivity contribution in [2.24, 2.45) is 0 Å². The Hall–Kier alpha value is -1.75. The molecule has 1 aromatic carbocycles. The quantitative estimate of drug-likeness (QED) is 0.799. The van der Waals surface area contributed by atoms with Crippen molar-refractivity contribution in [2.45, 2.75) is 11.4 Å². The summed E-state index contributed by atoms with van der Waals surface area (Å²) in [4.78, 5) is 12.1. The maximum Gasteiger partial charge on any atom is 0.232 e. The number of hydrogen-bond donors (Lipinski definition) is 0. The van der Waals surface area contributed by atoms with Gasteiger partial charge in [-0.15, -0.1) is 0 Å². The predicted molar refractivity (Wildman–Crippen MR) is 71.3 cm³/mol. The second-order valence-corrected chi connectivity index (χ2v) is 6.67. The fourth-order valence-corrected chi connectivity index (χ4v) is 2.50. The van der Waals surface area contributed by atoms with E-state index >= 15 is 0 Å². The molecule has 1 unspecified atom stereocenters. The second-order valence-electron chi connectivity index (χ2n) is 4.45. The van der Waals surface area contributed by atoms with Crippen molar-refractivity contribution in [1.29, 1.82) is 0 Å². The lowest BCUT2D eigenvalue weighted by atomic mass is 9.97. The van der Waals surface area contributed by atoms with Gasteiger partial charge < -0.3 is 0 Å². The van der Waals surface area contributed by atoms with Crippen LogP contribution in [0.2, 0.25) is 0 Å². The third-order valence-electron chi connectivity index (χ3n) is 3.03. The molecule has 0 radical (unpaired) electrons. The zero-order valence-corrected chi connectivity index (χ0v) is 11.2. The van der Waals surface area contributed by atoms with Crippen molar-refractivity contribution in [3.05, 3.63) is 59.7 Å². The summed E-state index contributed by atoms with van der Waals surface area (Å²) >= 11 is 0. The van der Waals surface area contributed by atoms with E-state index in [1.54, 1.807) is 30.3 Å². The van der Waals surface area contributed by atoms with E-state index in [0.29, 0.717) is 11.1 Å². The Morgan fingerprint density at radius 3 is 2.37 bits per heavy atom. The fraction of sp³-hybridized carbons (Fsp3) is 0.214. The Morgan fingerprint density at radius 2 is 1.89 bits per heavy atom. The van der Waals surface area contributed by atoms with Crippen LogP contribution in [0.3, 0.4) is 0 Å². The number of rotatable bonds is 3. The third-order valence-corrected chi connectivity index (χ3v) is 4.56. The van der Waals surface area contributed by atoms with Crippen LogP contribution in [0.25, 0.3) is 0 Å². The Bertz CT molecular complexity index is 659. The highest BCUT2D eigenvalue weighted by Crippen LogP contribution is 2.31. The number of benzene rings is 1. The van der Waals surface area contributed by atoms with Crippen LogP contribution in [0.4, 0.5) is 4.39 Å². The number of carbonyl (C=O) groups excluding carboxylic acids is 1. The molecule has 0 amide bonds. The number of carbonyl (C=O) groups is 1. The van der Waals surface area contributed by atoms with Gasteiger partial charge in [0.2, 0.25) is 5.00 Å². The van der Waals surface area contributed by atoms with E-state index < -0.39 is 14.8 Å². The molecule has 0 aliphatic heterocycles. The summed E-state index contributed by atoms with van der Waals surface area (Å²) in [6.07, 6.45) is 4.01. The van der Waals surface area contributed by atoms with Crippen LogP contribution in [0.5, 0.6) is 0 Å². The molecule has 0 saturated carbocycles. The lowest BCUT2D eigenvalue weighted by Gasteiger charge is -2.21. The molecule has 19 heavy (non-hydrogen) atoms. The molecule has 5 heteroatoms. The normalized spacial score (nSPS) is 22.9. The van der Waals surface area contributed by atoms with Gasteiger partial charge in [0.25, 0.3) is 0 Å². The minimum atomic E-state index is -3.85. The minimum Gasteiger partial charge on any atom is -0.289 e. The summed E-state index contributed by atoms with van der Waals surface area (Å²) in [7, 11) is -3.85. The van der Waals surface area contributed by atoms with Gasteiger partial charge in [-0.2, -0.15) is 0 Å². The summed E-state index contributed by atoms with van der Waals surface area (Å²) in [6, 6.07) is 8.57.